The highest BCUT2D eigenvalue weighted by atomic mass is 35.5. The quantitative estimate of drug-likeness (QED) is 0.920. The molecule has 0 aromatic heterocycles. The molecule has 2 aromatic rings. The Morgan fingerprint density at radius 3 is 2.32 bits per heavy atom. The van der Waals surface area contributed by atoms with E-state index in [1.54, 1.807) is 12.1 Å². The van der Waals surface area contributed by atoms with Crippen molar-refractivity contribution in [1.82, 2.24) is 4.72 Å². The minimum absolute atomic E-state index is 0.0623. The van der Waals surface area contributed by atoms with Gasteiger partial charge in [0.15, 0.2) is 0 Å². The van der Waals surface area contributed by atoms with Crippen molar-refractivity contribution in [1.29, 1.82) is 0 Å². The van der Waals surface area contributed by atoms with Crippen LogP contribution in [0.3, 0.4) is 0 Å². The molecule has 0 atom stereocenters. The SMILES string of the molecule is O=S(=O)(NC1(c2ccc(Cl)cc2)CCC1)c1cccc(F)c1. The van der Waals surface area contributed by atoms with Crippen LogP contribution in [-0.2, 0) is 15.6 Å². The molecule has 0 saturated heterocycles. The molecule has 0 spiro atoms. The van der Waals surface area contributed by atoms with Crippen LogP contribution in [0.1, 0.15) is 24.8 Å². The standard InChI is InChI=1S/C16H15ClFNO2S/c17-13-7-5-12(6-8-13)16(9-2-10-16)19-22(20,21)15-4-1-3-14(18)11-15/h1,3-8,11,19H,2,9-10H2. The summed E-state index contributed by atoms with van der Waals surface area (Å²) in [4.78, 5) is -0.0623. The molecule has 116 valence electrons. The van der Waals surface area contributed by atoms with Gasteiger partial charge in [0.25, 0.3) is 0 Å². The summed E-state index contributed by atoms with van der Waals surface area (Å²) in [6.45, 7) is 0. The monoisotopic (exact) mass is 339 g/mol. The van der Waals surface area contributed by atoms with E-state index in [1.165, 1.54) is 18.2 Å². The van der Waals surface area contributed by atoms with Gasteiger partial charge in [-0.3, -0.25) is 0 Å². The second-order valence-corrected chi connectivity index (χ2v) is 7.62. The molecular formula is C16H15ClFNO2S. The van der Waals surface area contributed by atoms with Gasteiger partial charge in [0.05, 0.1) is 10.4 Å². The van der Waals surface area contributed by atoms with E-state index in [9.17, 15) is 12.8 Å². The average Bonchev–Trinajstić information content (AvgIpc) is 2.44. The lowest BCUT2D eigenvalue weighted by atomic mass is 9.73. The minimum Gasteiger partial charge on any atom is -0.207 e. The molecule has 1 aliphatic carbocycles. The molecule has 2 aromatic carbocycles. The second kappa shape index (κ2) is 5.65. The molecule has 22 heavy (non-hydrogen) atoms. The Kier molecular flexibility index (Phi) is 3.97. The number of hydrogen-bond donors (Lipinski definition) is 1. The fourth-order valence-electron chi connectivity index (χ4n) is 2.70. The smallest absolute Gasteiger partial charge is 0.207 e. The summed E-state index contributed by atoms with van der Waals surface area (Å²) in [6, 6.07) is 12.2. The Bertz CT molecular complexity index is 786. The summed E-state index contributed by atoms with van der Waals surface area (Å²) in [5, 5.41) is 0.603. The van der Waals surface area contributed by atoms with Gasteiger partial charge in [0.1, 0.15) is 5.82 Å². The summed E-state index contributed by atoms with van der Waals surface area (Å²) in [5.74, 6) is -0.572. The maximum atomic E-state index is 13.3. The average molecular weight is 340 g/mol. The Morgan fingerprint density at radius 1 is 1.09 bits per heavy atom. The number of halogens is 2. The van der Waals surface area contributed by atoms with Crippen LogP contribution in [0.5, 0.6) is 0 Å². The van der Waals surface area contributed by atoms with Gasteiger partial charge in [-0.25, -0.2) is 17.5 Å². The zero-order chi connectivity index (χ0) is 15.8. The summed E-state index contributed by atoms with van der Waals surface area (Å²) >= 11 is 5.89. The van der Waals surface area contributed by atoms with Crippen LogP contribution in [0.4, 0.5) is 4.39 Å². The molecule has 0 aliphatic heterocycles. The third-order valence-electron chi connectivity index (χ3n) is 4.04. The zero-order valence-electron chi connectivity index (χ0n) is 11.7. The molecular weight excluding hydrogens is 325 g/mol. The van der Waals surface area contributed by atoms with E-state index in [0.29, 0.717) is 17.9 Å². The molecule has 0 amide bonds. The van der Waals surface area contributed by atoms with Crippen molar-refractivity contribution < 1.29 is 12.8 Å². The van der Waals surface area contributed by atoms with Gasteiger partial charge in [0, 0.05) is 5.02 Å². The van der Waals surface area contributed by atoms with Crippen molar-refractivity contribution in [3.8, 4) is 0 Å². The van der Waals surface area contributed by atoms with Crippen LogP contribution in [0.15, 0.2) is 53.4 Å². The first-order valence-electron chi connectivity index (χ1n) is 6.97. The van der Waals surface area contributed by atoms with Gasteiger partial charge in [0.2, 0.25) is 10.0 Å². The summed E-state index contributed by atoms with van der Waals surface area (Å²) < 4.78 is 41.1. The fourth-order valence-corrected chi connectivity index (χ4v) is 4.30. The van der Waals surface area contributed by atoms with E-state index < -0.39 is 21.4 Å². The number of hydrogen-bond acceptors (Lipinski definition) is 2. The molecule has 0 heterocycles. The summed E-state index contributed by atoms with van der Waals surface area (Å²) in [7, 11) is -3.78. The van der Waals surface area contributed by atoms with E-state index in [-0.39, 0.29) is 4.90 Å². The minimum atomic E-state index is -3.78. The van der Waals surface area contributed by atoms with Crippen LogP contribution in [0.25, 0.3) is 0 Å². The van der Waals surface area contributed by atoms with E-state index in [0.717, 1.165) is 18.1 Å². The molecule has 1 fully saturated rings. The first kappa shape index (κ1) is 15.5. The first-order valence-corrected chi connectivity index (χ1v) is 8.83. The molecule has 0 unspecified atom stereocenters. The molecule has 1 saturated carbocycles. The highest BCUT2D eigenvalue weighted by Crippen LogP contribution is 2.42. The molecule has 1 N–H and O–H groups in total. The Hall–Kier alpha value is -1.43. The van der Waals surface area contributed by atoms with Gasteiger partial charge in [-0.15, -0.1) is 0 Å². The molecule has 3 rings (SSSR count). The van der Waals surface area contributed by atoms with Gasteiger partial charge in [-0.2, -0.15) is 0 Å². The lowest BCUT2D eigenvalue weighted by Crippen LogP contribution is -2.50. The van der Waals surface area contributed by atoms with Gasteiger partial charge >= 0.3 is 0 Å². The number of sulfonamides is 1. The van der Waals surface area contributed by atoms with Gasteiger partial charge in [-0.1, -0.05) is 29.8 Å². The topological polar surface area (TPSA) is 46.2 Å². The predicted molar refractivity (Wildman–Crippen MR) is 83.7 cm³/mol. The van der Waals surface area contributed by atoms with E-state index in [2.05, 4.69) is 4.72 Å². The number of benzene rings is 2. The largest absolute Gasteiger partial charge is 0.241 e. The third-order valence-corrected chi connectivity index (χ3v) is 5.83. The molecule has 3 nitrogen and oxygen atoms in total. The predicted octanol–water partition coefficient (Wildman–Crippen LogP) is 3.84. The van der Waals surface area contributed by atoms with Crippen LogP contribution in [0.2, 0.25) is 5.02 Å². The maximum absolute atomic E-state index is 13.3. The van der Waals surface area contributed by atoms with Gasteiger partial charge < -0.3 is 0 Å². The van der Waals surface area contributed by atoms with Crippen LogP contribution in [-0.4, -0.2) is 8.42 Å². The van der Waals surface area contributed by atoms with Crippen LogP contribution >= 0.6 is 11.6 Å². The summed E-state index contributed by atoms with van der Waals surface area (Å²) in [5.41, 5.74) is 0.249. The number of rotatable bonds is 4. The summed E-state index contributed by atoms with van der Waals surface area (Å²) in [6.07, 6.45) is 2.36. The molecule has 1 aliphatic rings. The molecule has 0 radical (unpaired) electrons. The molecule has 0 bridgehead atoms. The second-order valence-electron chi connectivity index (χ2n) is 5.51. The molecule has 6 heteroatoms. The van der Waals surface area contributed by atoms with E-state index in [1.807, 2.05) is 12.1 Å². The van der Waals surface area contributed by atoms with Crippen molar-refractivity contribution >= 4 is 21.6 Å². The fraction of sp³-hybridized carbons (Fsp3) is 0.250. The van der Waals surface area contributed by atoms with Crippen LogP contribution in [0, 0.1) is 5.82 Å². The highest BCUT2D eigenvalue weighted by molar-refractivity contribution is 7.89. The highest BCUT2D eigenvalue weighted by Gasteiger charge is 2.42. The Labute approximate surface area is 134 Å². The van der Waals surface area contributed by atoms with Crippen molar-refractivity contribution in [3.63, 3.8) is 0 Å². The Balaban J connectivity index is 1.94. The van der Waals surface area contributed by atoms with Crippen molar-refractivity contribution in [2.45, 2.75) is 29.7 Å². The van der Waals surface area contributed by atoms with E-state index in [4.69, 9.17) is 11.6 Å². The normalized spacial score (nSPS) is 17.0. The third kappa shape index (κ3) is 2.89. The van der Waals surface area contributed by atoms with Crippen molar-refractivity contribution in [3.05, 3.63) is 64.9 Å². The van der Waals surface area contributed by atoms with Crippen molar-refractivity contribution in [2.24, 2.45) is 0 Å². The van der Waals surface area contributed by atoms with E-state index >= 15 is 0 Å². The zero-order valence-corrected chi connectivity index (χ0v) is 13.3. The maximum Gasteiger partial charge on any atom is 0.241 e. The lowest BCUT2D eigenvalue weighted by Gasteiger charge is -2.42. The Morgan fingerprint density at radius 2 is 1.77 bits per heavy atom. The van der Waals surface area contributed by atoms with Gasteiger partial charge in [-0.05, 0) is 55.2 Å². The first-order chi connectivity index (χ1) is 10.4. The lowest BCUT2D eigenvalue weighted by molar-refractivity contribution is 0.224. The number of nitrogens with one attached hydrogen (secondary N) is 1. The van der Waals surface area contributed by atoms with Crippen molar-refractivity contribution in [2.75, 3.05) is 0 Å². The van der Waals surface area contributed by atoms with Crippen LogP contribution < -0.4 is 4.72 Å².